The standard InChI is InChI=1S/C15H23BrN2O2/c1-19-8-7-18(11-3-4-11)15(10-17)13-9-12(20-2)5-6-14(13)16/h5-6,9,11,15H,3-4,7-8,10,17H2,1-2H3. The molecule has 1 aromatic rings. The lowest BCUT2D eigenvalue weighted by molar-refractivity contribution is 0.115. The summed E-state index contributed by atoms with van der Waals surface area (Å²) in [6.07, 6.45) is 2.50. The molecule has 1 aromatic carbocycles. The average Bonchev–Trinajstić information content (AvgIpc) is 3.29. The highest BCUT2D eigenvalue weighted by Crippen LogP contribution is 2.37. The summed E-state index contributed by atoms with van der Waals surface area (Å²) in [5.74, 6) is 0.865. The molecule has 1 saturated carbocycles. The minimum absolute atomic E-state index is 0.196. The van der Waals surface area contributed by atoms with Crippen molar-refractivity contribution in [1.82, 2.24) is 4.90 Å². The fourth-order valence-corrected chi connectivity index (χ4v) is 3.05. The topological polar surface area (TPSA) is 47.7 Å². The van der Waals surface area contributed by atoms with E-state index in [1.807, 2.05) is 12.1 Å². The lowest BCUT2D eigenvalue weighted by Crippen LogP contribution is -2.38. The van der Waals surface area contributed by atoms with Gasteiger partial charge in [0.05, 0.1) is 13.7 Å². The Kier molecular flexibility index (Phi) is 5.84. The van der Waals surface area contributed by atoms with E-state index in [0.717, 1.165) is 23.4 Å². The Hall–Kier alpha value is -0.620. The number of rotatable bonds is 8. The molecule has 0 aliphatic heterocycles. The fourth-order valence-electron chi connectivity index (χ4n) is 2.54. The Morgan fingerprint density at radius 3 is 2.70 bits per heavy atom. The van der Waals surface area contributed by atoms with Crippen LogP contribution in [0.3, 0.4) is 0 Å². The van der Waals surface area contributed by atoms with Crippen molar-refractivity contribution in [3.63, 3.8) is 0 Å². The van der Waals surface area contributed by atoms with Gasteiger partial charge in [0.2, 0.25) is 0 Å². The first-order valence-electron chi connectivity index (χ1n) is 6.99. The summed E-state index contributed by atoms with van der Waals surface area (Å²) >= 11 is 3.64. The predicted octanol–water partition coefficient (Wildman–Crippen LogP) is 2.57. The number of nitrogens with two attached hydrogens (primary N) is 1. The van der Waals surface area contributed by atoms with Gasteiger partial charge in [-0.1, -0.05) is 15.9 Å². The summed E-state index contributed by atoms with van der Waals surface area (Å²) in [5, 5.41) is 0. The molecule has 0 saturated heterocycles. The lowest BCUT2D eigenvalue weighted by Gasteiger charge is -2.32. The number of benzene rings is 1. The Labute approximate surface area is 129 Å². The van der Waals surface area contributed by atoms with E-state index in [2.05, 4.69) is 26.9 Å². The second-order valence-corrected chi connectivity index (χ2v) is 5.96. The minimum atomic E-state index is 0.196. The molecule has 112 valence electrons. The SMILES string of the molecule is COCCN(C1CC1)C(CN)c1cc(OC)ccc1Br. The van der Waals surface area contributed by atoms with Gasteiger partial charge in [0.25, 0.3) is 0 Å². The second kappa shape index (κ2) is 7.41. The zero-order valence-electron chi connectivity index (χ0n) is 12.1. The average molecular weight is 343 g/mol. The van der Waals surface area contributed by atoms with Crippen molar-refractivity contribution < 1.29 is 9.47 Å². The summed E-state index contributed by atoms with van der Waals surface area (Å²) in [6, 6.07) is 6.89. The molecule has 1 unspecified atom stereocenters. The van der Waals surface area contributed by atoms with Crippen LogP contribution in [-0.4, -0.2) is 44.9 Å². The maximum atomic E-state index is 6.06. The van der Waals surface area contributed by atoms with Crippen LogP contribution in [0.25, 0.3) is 0 Å². The van der Waals surface area contributed by atoms with Crippen molar-refractivity contribution >= 4 is 15.9 Å². The van der Waals surface area contributed by atoms with Gasteiger partial charge < -0.3 is 15.2 Å². The third-order valence-corrected chi connectivity index (χ3v) is 4.48. The Morgan fingerprint density at radius 1 is 1.40 bits per heavy atom. The zero-order chi connectivity index (χ0) is 14.5. The predicted molar refractivity (Wildman–Crippen MR) is 84.1 cm³/mol. The maximum Gasteiger partial charge on any atom is 0.119 e. The molecule has 20 heavy (non-hydrogen) atoms. The number of methoxy groups -OCH3 is 2. The van der Waals surface area contributed by atoms with Crippen molar-refractivity contribution in [2.75, 3.05) is 33.9 Å². The van der Waals surface area contributed by atoms with Gasteiger partial charge in [-0.3, -0.25) is 4.90 Å². The van der Waals surface area contributed by atoms with Crippen molar-refractivity contribution in [3.8, 4) is 5.75 Å². The van der Waals surface area contributed by atoms with Gasteiger partial charge >= 0.3 is 0 Å². The van der Waals surface area contributed by atoms with E-state index in [4.69, 9.17) is 15.2 Å². The molecular formula is C15H23BrN2O2. The van der Waals surface area contributed by atoms with Gasteiger partial charge in [0.15, 0.2) is 0 Å². The zero-order valence-corrected chi connectivity index (χ0v) is 13.7. The van der Waals surface area contributed by atoms with Gasteiger partial charge in [-0.2, -0.15) is 0 Å². The summed E-state index contributed by atoms with van der Waals surface area (Å²) in [7, 11) is 3.43. The first-order valence-corrected chi connectivity index (χ1v) is 7.78. The maximum absolute atomic E-state index is 6.06. The highest BCUT2D eigenvalue weighted by atomic mass is 79.9. The van der Waals surface area contributed by atoms with E-state index < -0.39 is 0 Å². The summed E-state index contributed by atoms with van der Waals surface area (Å²) in [5.41, 5.74) is 7.25. The first-order chi connectivity index (χ1) is 9.71. The number of hydrogen-bond acceptors (Lipinski definition) is 4. The molecule has 1 fully saturated rings. The summed E-state index contributed by atoms with van der Waals surface area (Å²) in [4.78, 5) is 2.46. The summed E-state index contributed by atoms with van der Waals surface area (Å²) < 4.78 is 11.7. The molecule has 0 radical (unpaired) electrons. The van der Waals surface area contributed by atoms with Gasteiger partial charge in [-0.25, -0.2) is 0 Å². The fraction of sp³-hybridized carbons (Fsp3) is 0.600. The van der Waals surface area contributed by atoms with Crippen molar-refractivity contribution in [2.24, 2.45) is 5.73 Å². The smallest absolute Gasteiger partial charge is 0.119 e. The van der Waals surface area contributed by atoms with Crippen molar-refractivity contribution in [3.05, 3.63) is 28.2 Å². The van der Waals surface area contributed by atoms with Crippen LogP contribution in [0.1, 0.15) is 24.4 Å². The summed E-state index contributed by atoms with van der Waals surface area (Å²) in [6.45, 7) is 2.23. The van der Waals surface area contributed by atoms with Crippen LogP contribution in [0.4, 0.5) is 0 Å². The van der Waals surface area contributed by atoms with E-state index >= 15 is 0 Å². The molecule has 0 aromatic heterocycles. The molecule has 0 heterocycles. The highest BCUT2D eigenvalue weighted by molar-refractivity contribution is 9.10. The van der Waals surface area contributed by atoms with Crippen LogP contribution in [0.15, 0.2) is 22.7 Å². The molecule has 0 amide bonds. The molecule has 1 aliphatic rings. The normalized spacial score (nSPS) is 16.4. The quantitative estimate of drug-likeness (QED) is 0.788. The van der Waals surface area contributed by atoms with E-state index in [1.54, 1.807) is 14.2 Å². The van der Waals surface area contributed by atoms with Crippen LogP contribution in [0, 0.1) is 0 Å². The lowest BCUT2D eigenvalue weighted by atomic mass is 10.0. The van der Waals surface area contributed by atoms with E-state index in [0.29, 0.717) is 12.6 Å². The molecule has 1 atom stereocenters. The van der Waals surface area contributed by atoms with E-state index in [1.165, 1.54) is 18.4 Å². The molecule has 5 heteroatoms. The van der Waals surface area contributed by atoms with Crippen LogP contribution >= 0.6 is 15.9 Å². The largest absolute Gasteiger partial charge is 0.497 e. The van der Waals surface area contributed by atoms with E-state index in [9.17, 15) is 0 Å². The van der Waals surface area contributed by atoms with Crippen molar-refractivity contribution in [1.29, 1.82) is 0 Å². The highest BCUT2D eigenvalue weighted by Gasteiger charge is 2.34. The molecule has 2 N–H and O–H groups in total. The number of halogens is 1. The molecular weight excluding hydrogens is 320 g/mol. The van der Waals surface area contributed by atoms with Crippen LogP contribution < -0.4 is 10.5 Å². The third kappa shape index (κ3) is 3.73. The number of hydrogen-bond donors (Lipinski definition) is 1. The van der Waals surface area contributed by atoms with Gasteiger partial charge in [-0.15, -0.1) is 0 Å². The molecule has 4 nitrogen and oxygen atoms in total. The Balaban J connectivity index is 2.24. The van der Waals surface area contributed by atoms with Gasteiger partial charge in [-0.05, 0) is 36.6 Å². The first kappa shape index (κ1) is 15.8. The van der Waals surface area contributed by atoms with Gasteiger partial charge in [0, 0.05) is 36.8 Å². The Morgan fingerprint density at radius 2 is 2.15 bits per heavy atom. The van der Waals surface area contributed by atoms with Gasteiger partial charge in [0.1, 0.15) is 5.75 Å². The van der Waals surface area contributed by atoms with Crippen LogP contribution in [0.5, 0.6) is 5.75 Å². The molecule has 1 aliphatic carbocycles. The number of nitrogens with zero attached hydrogens (tertiary/aromatic N) is 1. The van der Waals surface area contributed by atoms with Crippen LogP contribution in [0.2, 0.25) is 0 Å². The molecule has 0 spiro atoms. The minimum Gasteiger partial charge on any atom is -0.497 e. The molecule has 0 bridgehead atoms. The van der Waals surface area contributed by atoms with E-state index in [-0.39, 0.29) is 6.04 Å². The molecule has 2 rings (SSSR count). The Bertz CT molecular complexity index is 438. The number of ether oxygens (including phenoxy) is 2. The third-order valence-electron chi connectivity index (χ3n) is 3.76. The monoisotopic (exact) mass is 342 g/mol. The second-order valence-electron chi connectivity index (χ2n) is 5.10. The van der Waals surface area contributed by atoms with Crippen molar-refractivity contribution in [2.45, 2.75) is 24.9 Å². The van der Waals surface area contributed by atoms with Crippen LogP contribution in [-0.2, 0) is 4.74 Å².